The second-order valence-electron chi connectivity index (χ2n) is 7.54. The van der Waals surface area contributed by atoms with Crippen LogP contribution in [0.15, 0.2) is 99.6 Å². The third kappa shape index (κ3) is 7.89. The van der Waals surface area contributed by atoms with Crippen molar-refractivity contribution in [1.29, 1.82) is 0 Å². The van der Waals surface area contributed by atoms with E-state index >= 15 is 0 Å². The zero-order valence-corrected chi connectivity index (χ0v) is 19.3. The van der Waals surface area contributed by atoms with Gasteiger partial charge in [-0.2, -0.15) is 21.6 Å². The van der Waals surface area contributed by atoms with E-state index in [2.05, 4.69) is 106 Å². The standard InChI is InChI=1S/C22H23OS.CHF3O3S/c1-22(2,3)23-18-14-16-21(17-15-18)24(19-10-6-4-7-11-19)20-12-8-5-9-13-20;2-1(3,4)8(5,6)7/h4-17H,1-3H3;(H,5,6,7)/q+1;. The van der Waals surface area contributed by atoms with Crippen LogP contribution in [0.5, 0.6) is 5.75 Å². The van der Waals surface area contributed by atoms with E-state index in [4.69, 9.17) is 17.7 Å². The van der Waals surface area contributed by atoms with Crippen LogP contribution < -0.4 is 4.74 Å². The molecule has 0 saturated carbocycles. The Morgan fingerprint density at radius 3 is 1.38 bits per heavy atom. The number of alkyl halides is 3. The lowest BCUT2D eigenvalue weighted by Gasteiger charge is -2.21. The topological polar surface area (TPSA) is 63.6 Å². The van der Waals surface area contributed by atoms with Gasteiger partial charge in [-0.15, -0.1) is 0 Å². The molecule has 0 aliphatic rings. The van der Waals surface area contributed by atoms with Crippen LogP contribution in [0.1, 0.15) is 20.8 Å². The van der Waals surface area contributed by atoms with E-state index in [1.165, 1.54) is 14.7 Å². The average Bonchev–Trinajstić information content (AvgIpc) is 2.69. The maximum absolute atomic E-state index is 10.7. The number of hydrogen-bond donors (Lipinski definition) is 1. The van der Waals surface area contributed by atoms with Crippen molar-refractivity contribution in [3.63, 3.8) is 0 Å². The minimum atomic E-state index is -5.84. The van der Waals surface area contributed by atoms with Crippen LogP contribution in [0, 0.1) is 0 Å². The third-order valence-corrected chi connectivity index (χ3v) is 6.55. The summed E-state index contributed by atoms with van der Waals surface area (Å²) in [6.07, 6.45) is 0. The lowest BCUT2D eigenvalue weighted by atomic mass is 10.2. The van der Waals surface area contributed by atoms with Gasteiger partial charge in [0.05, 0.1) is 10.9 Å². The summed E-state index contributed by atoms with van der Waals surface area (Å²) in [6, 6.07) is 29.9. The Balaban J connectivity index is 0.000000390. The highest BCUT2D eigenvalue weighted by Crippen LogP contribution is 2.32. The molecule has 0 spiro atoms. The van der Waals surface area contributed by atoms with E-state index in [1.54, 1.807) is 0 Å². The lowest BCUT2D eigenvalue weighted by Crippen LogP contribution is -2.22. The SMILES string of the molecule is CC(C)(C)Oc1ccc([S+](c2ccccc2)c2ccccc2)cc1.O=S(=O)(O)C(F)(F)F. The average molecular weight is 486 g/mol. The van der Waals surface area contributed by atoms with Gasteiger partial charge in [0, 0.05) is 0 Å². The molecular formula is C23H24F3O4S2+. The summed E-state index contributed by atoms with van der Waals surface area (Å²) in [6.45, 7) is 6.21. The summed E-state index contributed by atoms with van der Waals surface area (Å²) in [7, 11) is -5.94. The van der Waals surface area contributed by atoms with Gasteiger partial charge in [-0.05, 0) is 69.3 Å². The molecule has 1 N–H and O–H groups in total. The van der Waals surface area contributed by atoms with Gasteiger partial charge in [0.2, 0.25) is 0 Å². The fourth-order valence-corrected chi connectivity index (χ4v) is 4.60. The summed E-state index contributed by atoms with van der Waals surface area (Å²) in [5.74, 6) is 0.913. The molecule has 0 atom stereocenters. The fraction of sp³-hybridized carbons (Fsp3) is 0.217. The quantitative estimate of drug-likeness (QED) is 0.266. The Hall–Kier alpha value is -2.49. The molecule has 9 heteroatoms. The van der Waals surface area contributed by atoms with Crippen molar-refractivity contribution in [1.82, 2.24) is 0 Å². The Bertz CT molecular complexity index is 1040. The number of halogens is 3. The monoisotopic (exact) mass is 485 g/mol. The van der Waals surface area contributed by atoms with Crippen molar-refractivity contribution in [2.24, 2.45) is 0 Å². The molecule has 0 bridgehead atoms. The second kappa shape index (κ2) is 10.4. The maximum Gasteiger partial charge on any atom is 0.522 e. The molecule has 172 valence electrons. The van der Waals surface area contributed by atoms with Crippen LogP contribution >= 0.6 is 0 Å². The van der Waals surface area contributed by atoms with Crippen LogP contribution in [0.3, 0.4) is 0 Å². The van der Waals surface area contributed by atoms with Crippen LogP contribution in [0.25, 0.3) is 0 Å². The summed E-state index contributed by atoms with van der Waals surface area (Å²) in [5.41, 5.74) is -5.71. The Kier molecular flexibility index (Phi) is 8.39. The second-order valence-corrected chi connectivity index (χ2v) is 11.0. The molecule has 0 aromatic heterocycles. The van der Waals surface area contributed by atoms with Crippen molar-refractivity contribution in [3.8, 4) is 5.75 Å². The molecule has 3 aromatic rings. The minimum Gasteiger partial charge on any atom is -0.488 e. The molecular weight excluding hydrogens is 461 g/mol. The van der Waals surface area contributed by atoms with Gasteiger partial charge in [0.1, 0.15) is 11.4 Å². The lowest BCUT2D eigenvalue weighted by molar-refractivity contribution is -0.0510. The molecule has 0 saturated heterocycles. The van der Waals surface area contributed by atoms with Crippen molar-refractivity contribution in [2.45, 2.75) is 46.6 Å². The van der Waals surface area contributed by atoms with Gasteiger partial charge in [-0.3, -0.25) is 4.55 Å². The normalized spacial score (nSPS) is 12.1. The van der Waals surface area contributed by atoms with Crippen LogP contribution in [0.2, 0.25) is 0 Å². The van der Waals surface area contributed by atoms with Crippen LogP contribution in [-0.2, 0) is 21.0 Å². The number of ether oxygens (including phenoxy) is 1. The molecule has 0 radical (unpaired) electrons. The van der Waals surface area contributed by atoms with Crippen molar-refractivity contribution in [3.05, 3.63) is 84.9 Å². The first-order chi connectivity index (χ1) is 14.8. The predicted octanol–water partition coefficient (Wildman–Crippen LogP) is 6.35. The Morgan fingerprint density at radius 1 is 0.719 bits per heavy atom. The zero-order chi connectivity index (χ0) is 24.0. The summed E-state index contributed by atoms with van der Waals surface area (Å²) in [4.78, 5) is 3.95. The van der Waals surface area contributed by atoms with Gasteiger partial charge in [-0.1, -0.05) is 36.4 Å². The minimum absolute atomic E-state index is 0.102. The zero-order valence-electron chi connectivity index (χ0n) is 17.7. The Labute approximate surface area is 189 Å². The first kappa shape index (κ1) is 25.8. The van der Waals surface area contributed by atoms with E-state index in [9.17, 15) is 13.2 Å². The van der Waals surface area contributed by atoms with Gasteiger partial charge in [0.25, 0.3) is 0 Å². The molecule has 0 aliphatic carbocycles. The molecule has 0 fully saturated rings. The van der Waals surface area contributed by atoms with E-state index in [-0.39, 0.29) is 16.5 Å². The maximum atomic E-state index is 10.7. The first-order valence-electron chi connectivity index (χ1n) is 9.45. The number of hydrogen-bond acceptors (Lipinski definition) is 3. The number of rotatable bonds is 4. The Morgan fingerprint density at radius 2 is 1.06 bits per heavy atom. The first-order valence-corrected chi connectivity index (χ1v) is 12.1. The van der Waals surface area contributed by atoms with E-state index in [0.29, 0.717) is 0 Å². The molecule has 0 amide bonds. The highest BCUT2D eigenvalue weighted by atomic mass is 32.2. The molecule has 4 nitrogen and oxygen atoms in total. The smallest absolute Gasteiger partial charge is 0.488 e. The van der Waals surface area contributed by atoms with E-state index in [1.807, 2.05) is 0 Å². The van der Waals surface area contributed by atoms with Crippen molar-refractivity contribution >= 4 is 21.0 Å². The molecule has 0 unspecified atom stereocenters. The molecule has 0 heterocycles. The molecule has 3 rings (SSSR count). The van der Waals surface area contributed by atoms with Crippen molar-refractivity contribution in [2.75, 3.05) is 0 Å². The summed E-state index contributed by atoms with van der Waals surface area (Å²) < 4.78 is 63.5. The number of benzene rings is 3. The summed E-state index contributed by atoms with van der Waals surface area (Å²) in [5, 5.41) is 0. The summed E-state index contributed by atoms with van der Waals surface area (Å²) >= 11 is 0. The van der Waals surface area contributed by atoms with Gasteiger partial charge < -0.3 is 4.74 Å². The van der Waals surface area contributed by atoms with Crippen LogP contribution in [-0.4, -0.2) is 24.1 Å². The molecule has 0 aliphatic heterocycles. The van der Waals surface area contributed by atoms with Gasteiger partial charge in [-0.25, -0.2) is 0 Å². The highest BCUT2D eigenvalue weighted by Gasteiger charge is 2.44. The largest absolute Gasteiger partial charge is 0.522 e. The fourth-order valence-electron chi connectivity index (χ4n) is 2.52. The van der Waals surface area contributed by atoms with Crippen molar-refractivity contribution < 1.29 is 30.9 Å². The van der Waals surface area contributed by atoms with Gasteiger partial charge >= 0.3 is 15.6 Å². The van der Waals surface area contributed by atoms with Crippen LogP contribution in [0.4, 0.5) is 13.2 Å². The molecule has 32 heavy (non-hydrogen) atoms. The van der Waals surface area contributed by atoms with E-state index in [0.717, 1.165) is 5.75 Å². The van der Waals surface area contributed by atoms with Gasteiger partial charge in [0.15, 0.2) is 14.7 Å². The predicted molar refractivity (Wildman–Crippen MR) is 119 cm³/mol. The molecule has 3 aromatic carbocycles. The van der Waals surface area contributed by atoms with E-state index < -0.39 is 15.6 Å². The highest BCUT2D eigenvalue weighted by molar-refractivity contribution is 7.97. The third-order valence-electron chi connectivity index (χ3n) is 3.73.